The molecule has 3 nitrogen and oxygen atoms in total. The van der Waals surface area contributed by atoms with E-state index in [2.05, 4.69) is 24.5 Å². The second kappa shape index (κ2) is 7.09. The van der Waals surface area contributed by atoms with Crippen molar-refractivity contribution in [2.45, 2.75) is 32.7 Å². The Kier molecular flexibility index (Phi) is 5.44. The summed E-state index contributed by atoms with van der Waals surface area (Å²) in [6.45, 7) is 6.06. The summed E-state index contributed by atoms with van der Waals surface area (Å²) in [7, 11) is 0. The van der Waals surface area contributed by atoms with Crippen molar-refractivity contribution in [2.24, 2.45) is 11.8 Å². The van der Waals surface area contributed by atoms with Gasteiger partial charge in [0.2, 0.25) is 5.91 Å². The predicted octanol–water partition coefficient (Wildman–Crippen LogP) is 3.15. The maximum absolute atomic E-state index is 12.4. The summed E-state index contributed by atoms with van der Waals surface area (Å²) in [4.78, 5) is 12.4. The quantitative estimate of drug-likeness (QED) is 0.896. The van der Waals surface area contributed by atoms with Gasteiger partial charge in [0, 0.05) is 11.6 Å². The number of carbonyl (C=O) groups excluding carboxylic acids is 1. The molecule has 1 heterocycles. The first-order valence-corrected chi connectivity index (χ1v) is 7.72. The number of rotatable bonds is 4. The van der Waals surface area contributed by atoms with Gasteiger partial charge in [-0.1, -0.05) is 37.6 Å². The molecular weight excluding hydrogens is 272 g/mol. The van der Waals surface area contributed by atoms with Crippen molar-refractivity contribution in [2.75, 3.05) is 13.1 Å². The fourth-order valence-electron chi connectivity index (χ4n) is 2.65. The van der Waals surface area contributed by atoms with Crippen LogP contribution in [0.4, 0.5) is 0 Å². The van der Waals surface area contributed by atoms with Gasteiger partial charge >= 0.3 is 0 Å². The summed E-state index contributed by atoms with van der Waals surface area (Å²) >= 11 is 5.93. The highest BCUT2D eigenvalue weighted by atomic mass is 35.5. The zero-order valence-corrected chi connectivity index (χ0v) is 12.9. The Labute approximate surface area is 126 Å². The Morgan fingerprint density at radius 2 is 2.05 bits per heavy atom. The van der Waals surface area contributed by atoms with Crippen LogP contribution in [0.25, 0.3) is 0 Å². The van der Waals surface area contributed by atoms with Crippen LogP contribution in [0.2, 0.25) is 5.02 Å². The van der Waals surface area contributed by atoms with Crippen LogP contribution >= 0.6 is 11.6 Å². The molecule has 0 spiro atoms. The van der Waals surface area contributed by atoms with Gasteiger partial charge in [-0.05, 0) is 43.0 Å². The van der Waals surface area contributed by atoms with Crippen molar-refractivity contribution in [3.8, 4) is 0 Å². The monoisotopic (exact) mass is 294 g/mol. The molecule has 1 aliphatic rings. The molecule has 110 valence electrons. The lowest BCUT2D eigenvalue weighted by Gasteiger charge is -2.28. The summed E-state index contributed by atoms with van der Waals surface area (Å²) in [5.74, 6) is 0.597. The topological polar surface area (TPSA) is 41.1 Å². The van der Waals surface area contributed by atoms with Crippen molar-refractivity contribution >= 4 is 17.5 Å². The van der Waals surface area contributed by atoms with E-state index in [9.17, 15) is 4.79 Å². The van der Waals surface area contributed by atoms with Gasteiger partial charge in [-0.3, -0.25) is 4.79 Å². The molecule has 1 aromatic carbocycles. The van der Waals surface area contributed by atoms with Crippen LogP contribution in [0.3, 0.4) is 0 Å². The Morgan fingerprint density at radius 1 is 1.35 bits per heavy atom. The number of nitrogens with one attached hydrogen (secondary N) is 2. The summed E-state index contributed by atoms with van der Waals surface area (Å²) in [5.41, 5.74) is 1.11. The Morgan fingerprint density at radius 3 is 2.60 bits per heavy atom. The van der Waals surface area contributed by atoms with E-state index >= 15 is 0 Å². The fraction of sp³-hybridized carbons (Fsp3) is 0.562. The van der Waals surface area contributed by atoms with E-state index in [4.69, 9.17) is 11.6 Å². The molecular formula is C16H23ClN2O. The lowest BCUT2D eigenvalue weighted by Crippen LogP contribution is -2.42. The number of benzene rings is 1. The average molecular weight is 295 g/mol. The number of carbonyl (C=O) groups is 1. The minimum atomic E-state index is 0.0432. The molecule has 4 heteroatoms. The SMILES string of the molecule is CC(C)C(NC(=O)[C@H]1CCCNC1)c1ccc(Cl)cc1. The third-order valence-electron chi connectivity index (χ3n) is 3.86. The highest BCUT2D eigenvalue weighted by molar-refractivity contribution is 6.30. The van der Waals surface area contributed by atoms with Gasteiger partial charge in [-0.15, -0.1) is 0 Å². The van der Waals surface area contributed by atoms with Crippen molar-refractivity contribution in [3.05, 3.63) is 34.9 Å². The van der Waals surface area contributed by atoms with Crippen LogP contribution in [-0.2, 0) is 4.79 Å². The van der Waals surface area contributed by atoms with E-state index in [0.717, 1.165) is 36.5 Å². The zero-order valence-electron chi connectivity index (χ0n) is 12.2. The minimum absolute atomic E-state index is 0.0432. The molecule has 0 bridgehead atoms. The van der Waals surface area contributed by atoms with Crippen molar-refractivity contribution < 1.29 is 4.79 Å². The Hall–Kier alpha value is -1.06. The molecule has 0 saturated carbocycles. The van der Waals surface area contributed by atoms with Gasteiger partial charge in [-0.25, -0.2) is 0 Å². The smallest absolute Gasteiger partial charge is 0.224 e. The molecule has 1 aromatic rings. The van der Waals surface area contributed by atoms with Gasteiger partial charge in [0.1, 0.15) is 0 Å². The largest absolute Gasteiger partial charge is 0.349 e. The number of amides is 1. The normalized spacial score (nSPS) is 20.7. The molecule has 0 aromatic heterocycles. The Bertz CT molecular complexity index is 438. The highest BCUT2D eigenvalue weighted by Gasteiger charge is 2.25. The zero-order chi connectivity index (χ0) is 14.5. The summed E-state index contributed by atoms with van der Waals surface area (Å²) in [5, 5.41) is 7.21. The molecule has 1 aliphatic heterocycles. The van der Waals surface area contributed by atoms with Crippen molar-refractivity contribution in [1.82, 2.24) is 10.6 Å². The van der Waals surface area contributed by atoms with E-state index < -0.39 is 0 Å². The van der Waals surface area contributed by atoms with Crippen LogP contribution in [0, 0.1) is 11.8 Å². The van der Waals surface area contributed by atoms with Gasteiger partial charge in [0.25, 0.3) is 0 Å². The van der Waals surface area contributed by atoms with Gasteiger partial charge in [0.05, 0.1) is 12.0 Å². The number of hydrogen-bond donors (Lipinski definition) is 2. The number of piperidine rings is 1. The van der Waals surface area contributed by atoms with Crippen molar-refractivity contribution in [1.29, 1.82) is 0 Å². The second-order valence-electron chi connectivity index (χ2n) is 5.83. The second-order valence-corrected chi connectivity index (χ2v) is 6.26. The van der Waals surface area contributed by atoms with E-state index in [1.54, 1.807) is 0 Å². The van der Waals surface area contributed by atoms with Crippen LogP contribution in [-0.4, -0.2) is 19.0 Å². The molecule has 1 amide bonds. The van der Waals surface area contributed by atoms with Crippen LogP contribution in [0.1, 0.15) is 38.3 Å². The van der Waals surface area contributed by atoms with Gasteiger partial charge in [-0.2, -0.15) is 0 Å². The maximum atomic E-state index is 12.4. The standard InChI is InChI=1S/C16H23ClN2O/c1-11(2)15(12-5-7-14(17)8-6-12)19-16(20)13-4-3-9-18-10-13/h5-8,11,13,15,18H,3-4,9-10H2,1-2H3,(H,19,20)/t13-,15?/m0/s1. The molecule has 1 unspecified atom stereocenters. The van der Waals surface area contributed by atoms with E-state index in [1.165, 1.54) is 0 Å². The first-order valence-electron chi connectivity index (χ1n) is 7.34. The van der Waals surface area contributed by atoms with Gasteiger partial charge < -0.3 is 10.6 Å². The summed E-state index contributed by atoms with van der Waals surface area (Å²) in [6, 6.07) is 7.78. The first kappa shape index (κ1) is 15.3. The maximum Gasteiger partial charge on any atom is 0.224 e. The Balaban J connectivity index is 2.05. The van der Waals surface area contributed by atoms with E-state index in [-0.39, 0.29) is 17.9 Å². The third-order valence-corrected chi connectivity index (χ3v) is 4.11. The fourth-order valence-corrected chi connectivity index (χ4v) is 2.78. The molecule has 0 aliphatic carbocycles. The molecule has 2 N–H and O–H groups in total. The van der Waals surface area contributed by atoms with E-state index in [0.29, 0.717) is 5.92 Å². The molecule has 2 atom stereocenters. The molecule has 0 radical (unpaired) electrons. The molecule has 1 fully saturated rings. The first-order chi connectivity index (χ1) is 9.58. The van der Waals surface area contributed by atoms with Crippen LogP contribution in [0.5, 0.6) is 0 Å². The highest BCUT2D eigenvalue weighted by Crippen LogP contribution is 2.24. The molecule has 1 saturated heterocycles. The van der Waals surface area contributed by atoms with Crippen molar-refractivity contribution in [3.63, 3.8) is 0 Å². The lowest BCUT2D eigenvalue weighted by molar-refractivity contribution is -0.126. The summed E-state index contributed by atoms with van der Waals surface area (Å²) in [6.07, 6.45) is 2.05. The summed E-state index contributed by atoms with van der Waals surface area (Å²) < 4.78 is 0. The van der Waals surface area contributed by atoms with Gasteiger partial charge in [0.15, 0.2) is 0 Å². The lowest BCUT2D eigenvalue weighted by atomic mass is 9.93. The minimum Gasteiger partial charge on any atom is -0.349 e. The predicted molar refractivity (Wildman–Crippen MR) is 82.8 cm³/mol. The number of halogens is 1. The third kappa shape index (κ3) is 3.97. The number of hydrogen-bond acceptors (Lipinski definition) is 2. The van der Waals surface area contributed by atoms with Crippen LogP contribution in [0.15, 0.2) is 24.3 Å². The van der Waals surface area contributed by atoms with E-state index in [1.807, 2.05) is 24.3 Å². The average Bonchev–Trinajstić information content (AvgIpc) is 2.46. The van der Waals surface area contributed by atoms with Crippen LogP contribution < -0.4 is 10.6 Å². The molecule has 2 rings (SSSR count). The molecule has 20 heavy (non-hydrogen) atoms.